The number of fused-ring (bicyclic) bond motifs is 4. The Hall–Kier alpha value is -11.6. The van der Waals surface area contributed by atoms with Crippen LogP contribution in [0.3, 0.4) is 0 Å². The van der Waals surface area contributed by atoms with Crippen LogP contribution in [0, 0.1) is 23.2 Å². The number of amides is 7. The Kier molecular flexibility index (Phi) is 37.4. The average molecular weight is 1890 g/mol. The number of carboxylic acid groups (broad SMARTS) is 4. The van der Waals surface area contributed by atoms with Gasteiger partial charge in [0, 0.05) is 146 Å². The first kappa shape index (κ1) is 105. The highest BCUT2D eigenvalue weighted by Gasteiger charge is 2.79. The quantitative estimate of drug-likeness (QED) is 0.00833. The predicted molar refractivity (Wildman–Crippen MR) is 487 cm³/mol. The fourth-order valence-corrected chi connectivity index (χ4v) is 22.0. The van der Waals surface area contributed by atoms with Crippen molar-refractivity contribution in [1.29, 1.82) is 0 Å². The Morgan fingerprint density at radius 3 is 2.04 bits per heavy atom. The Labute approximate surface area is 777 Å². The zero-order chi connectivity index (χ0) is 97.5. The highest BCUT2D eigenvalue weighted by atomic mass is 33.1. The lowest BCUT2D eigenvalue weighted by atomic mass is 9.47. The number of rotatable bonds is 51. The van der Waals surface area contributed by atoms with E-state index in [9.17, 15) is 93.0 Å². The molecule has 0 bridgehead atoms. The minimum atomic E-state index is -2.53. The van der Waals surface area contributed by atoms with Crippen LogP contribution in [0.25, 0.3) is 10.9 Å². The van der Waals surface area contributed by atoms with Gasteiger partial charge in [-0.1, -0.05) is 140 Å². The van der Waals surface area contributed by atoms with Crippen molar-refractivity contribution in [2.75, 3.05) is 76.4 Å². The van der Waals surface area contributed by atoms with E-state index in [2.05, 4.69) is 103 Å². The number of aromatic nitrogens is 1. The van der Waals surface area contributed by atoms with Gasteiger partial charge in [0.25, 0.3) is 6.47 Å². The minimum Gasteiger partial charge on any atom is -0.496 e. The van der Waals surface area contributed by atoms with E-state index >= 15 is 4.79 Å². The Bertz CT molecular complexity index is 5080. The smallest absolute Gasteiger partial charge is 0.407 e. The number of nitrogens with zero attached hydrogens (tertiary/aromatic N) is 3. The monoisotopic (exact) mass is 1890 g/mol. The number of ether oxygens (including phenoxy) is 3. The number of para-hydroxylation sites is 1. The zero-order valence-electron chi connectivity index (χ0n) is 75.7. The number of urea groups is 1. The number of nitrogens with one attached hydrogen (secondary N) is 8. The number of carbonyl (C=O) groups excluding carboxylic acids is 12. The number of hydrogen-bond acceptors (Lipinski definition) is 28. The third-order valence-electron chi connectivity index (χ3n) is 26.2. The molecule has 5 aliphatic rings. The molecule has 1 spiro atoms. The van der Waals surface area contributed by atoms with Gasteiger partial charge < -0.3 is 103 Å². The van der Waals surface area contributed by atoms with Crippen LogP contribution in [0.5, 0.6) is 5.75 Å². The molecule has 2 unspecified atom stereocenters. The molecule has 1 aliphatic carbocycles. The molecule has 1 saturated carbocycles. The Balaban J connectivity index is 0.00000654. The van der Waals surface area contributed by atoms with Crippen molar-refractivity contribution >= 4 is 128 Å². The number of hydrogen-bond donors (Lipinski definition) is 16. The molecule has 2 fully saturated rings. The molecule has 10 rings (SSSR count). The maximum Gasteiger partial charge on any atom is 0.407 e. The molecule has 16 atom stereocenters. The summed E-state index contributed by atoms with van der Waals surface area (Å²) in [6.07, 6.45) is -1.06. The number of benzene rings is 4. The van der Waals surface area contributed by atoms with Crippen molar-refractivity contribution in [1.82, 2.24) is 52.0 Å². The first-order chi connectivity index (χ1) is 63.2. The van der Waals surface area contributed by atoms with Crippen LogP contribution >= 0.6 is 21.6 Å². The van der Waals surface area contributed by atoms with Gasteiger partial charge in [-0.2, -0.15) is 9.59 Å². The molecule has 7 amide bonds. The summed E-state index contributed by atoms with van der Waals surface area (Å²) >= 11 is 0. The zero-order valence-corrected chi connectivity index (χ0v) is 77.3. The summed E-state index contributed by atoms with van der Waals surface area (Å²) in [5, 5.41) is 95.9. The van der Waals surface area contributed by atoms with Gasteiger partial charge in [0.2, 0.25) is 23.6 Å². The van der Waals surface area contributed by atoms with Gasteiger partial charge in [-0.3, -0.25) is 62.5 Å². The van der Waals surface area contributed by atoms with E-state index in [1.165, 1.54) is 5.56 Å². The molecular formula is C93H122N12O26S2. The number of nitrogens with two attached hydrogens (primary N) is 1. The largest absolute Gasteiger partial charge is 0.496 e. The lowest BCUT2D eigenvalue weighted by molar-refractivity contribution is -0.201. The molecule has 4 aromatic carbocycles. The van der Waals surface area contributed by atoms with Crippen LogP contribution in [0.4, 0.5) is 15.3 Å². The number of methoxy groups -OCH3 is 1. The van der Waals surface area contributed by atoms with Gasteiger partial charge in [0.1, 0.15) is 30.5 Å². The molecule has 133 heavy (non-hydrogen) atoms. The molecular weight excluding hydrogens is 1770 g/mol. The lowest BCUT2D eigenvalue weighted by Gasteiger charge is -2.63. The van der Waals surface area contributed by atoms with Crippen molar-refractivity contribution in [3.8, 4) is 5.75 Å². The molecule has 4 aliphatic heterocycles. The summed E-state index contributed by atoms with van der Waals surface area (Å²) in [5.74, 6) is -13.5. The van der Waals surface area contributed by atoms with Gasteiger partial charge in [-0.25, -0.2) is 14.4 Å². The third-order valence-corrected chi connectivity index (χ3v) is 28.7. The number of aliphatic hydroxyl groups is 3. The van der Waals surface area contributed by atoms with Crippen LogP contribution in [-0.2, 0) is 107 Å². The fraction of sp³-hybridized carbons (Fsp3) is 0.538. The third kappa shape index (κ3) is 25.1. The number of aromatic amines is 1. The number of Topliss-reactive ketones (excluding diaryl/α,β-unsaturated/α-hetero) is 3. The van der Waals surface area contributed by atoms with Crippen LogP contribution in [0.15, 0.2) is 109 Å². The maximum absolute atomic E-state index is 15.5. The summed E-state index contributed by atoms with van der Waals surface area (Å²) in [4.78, 5) is 210. The Morgan fingerprint density at radius 1 is 0.744 bits per heavy atom. The summed E-state index contributed by atoms with van der Waals surface area (Å²) in [6.45, 7) is 12.4. The molecule has 40 heteroatoms. The SMILES string of the molecule is CC[C@](O)(CCN1CCc2c([nH]c3ccccc23)[C@@]1(C)c1cc2c(cc1OC)N(C)C1[C@]23CC(C)N2CC=C[C@@](CC)([C@@H](O)[C@]1(O)C(=O)CNC(=O)OCCSSC[C@@H](CC(=O)[C@H](CC(=O)O)NC(=O)[C@@H](N)CNC(=O)[C@@H](CC(=O)[C@H](Cc1ccccc1)NC(=O)CCNC(=O)CC[C@H](NC(=O)N[C@@H](CCC(=O)O)OC=O)C(=O)O)Cc1ccccc1)C(=O)O)[C@H]23)CC(C)C.O=C=O. The second-order valence-electron chi connectivity index (χ2n) is 35.1. The predicted octanol–water partition coefficient (Wildman–Crippen LogP) is 4.57. The lowest BCUT2D eigenvalue weighted by Crippen LogP contribution is -2.81. The molecule has 1 aromatic heterocycles. The van der Waals surface area contributed by atoms with E-state index in [0.717, 1.165) is 55.7 Å². The van der Waals surface area contributed by atoms with Crippen LogP contribution in [0.1, 0.15) is 159 Å². The van der Waals surface area contributed by atoms with Gasteiger partial charge in [0.15, 0.2) is 29.2 Å². The second kappa shape index (κ2) is 47.3. The van der Waals surface area contributed by atoms with Gasteiger partial charge in [0.05, 0.1) is 61.7 Å². The van der Waals surface area contributed by atoms with E-state index in [4.69, 9.17) is 29.9 Å². The number of carboxylic acids is 4. The number of H-pyrrole nitrogens is 1. The van der Waals surface area contributed by atoms with Gasteiger partial charge in [-0.15, -0.1) is 0 Å². The van der Waals surface area contributed by atoms with E-state index in [1.54, 1.807) is 67.8 Å². The highest BCUT2D eigenvalue weighted by molar-refractivity contribution is 8.76. The fourth-order valence-electron chi connectivity index (χ4n) is 19.9. The standard InChI is InChI=1S/C92H122N12O24S2.CO2/c1-9-89(124,47-53(3)4)33-37-103-36-31-60-59-24-17-18-25-64(59)98-78(60)88(103,6)62-44-61-68(46-71(62)126-8)102(7)84-91(61)48-54(5)104-35-19-32-90(10-2,83(91)104)85(121)92(84,125)72(108)50-96-87(123)127-38-39-129-130-51-58(81(117)118)43-70(107)67(45-77(113)114)99-80(116)63(93)49-95-79(115)57(40-55-20-13-11-14-21-55)42-69(106)66(41-56-22-15-12-16-23-56)97-74(110)30-34-94-73(109)27-26-65(82(119)120)100-86(122)101-75(128-52-105)28-29-76(111)112;2-1-3/h11-25,32,44,46,52-54,57-58,63,65-67,75,83-85,98,121,124-125H,9-10,26-31,33-43,45,47-51,93H2,1-8H3,(H,94,109)(H,95,115)(H,96,123)(H,97,110)(H,99,116)(H,111,112)(H,113,114)(H,117,118)(H,119,120)(H2,100,101,122);/t54?,57-,58-,63+,65+,66+,67+,75-,83+,84?,85-,88-,89+,90-,91-,92+;/m1./s1. The van der Waals surface area contributed by atoms with Crippen molar-refractivity contribution < 1.29 is 127 Å². The summed E-state index contributed by atoms with van der Waals surface area (Å²) < 4.78 is 16.6. The normalized spacial score (nSPS) is 22.3. The number of likely N-dealkylation sites (N-methyl/N-ethyl adjacent to an activating group) is 1. The van der Waals surface area contributed by atoms with Crippen LogP contribution in [0.2, 0.25) is 0 Å². The molecule has 1 saturated heterocycles. The van der Waals surface area contributed by atoms with Crippen LogP contribution in [-0.4, -0.2) is 277 Å². The summed E-state index contributed by atoms with van der Waals surface area (Å²) in [6, 6.07) is 20.5. The first-order valence-corrected chi connectivity index (χ1v) is 46.9. The van der Waals surface area contributed by atoms with E-state index in [0.29, 0.717) is 74.3 Å². The highest BCUT2D eigenvalue weighted by Crippen LogP contribution is 2.69. The van der Waals surface area contributed by atoms with Gasteiger partial charge in [-0.05, 0) is 112 Å². The number of alkyl carbamates (subject to hydrolysis) is 1. The first-order valence-electron chi connectivity index (χ1n) is 44.4. The number of aliphatic carboxylic acids is 4. The molecule has 5 aromatic rings. The van der Waals surface area contributed by atoms with E-state index in [1.807, 2.05) is 56.1 Å². The second-order valence-corrected chi connectivity index (χ2v) is 37.7. The number of anilines is 1. The number of aliphatic hydroxyl groups excluding tert-OH is 1. The Morgan fingerprint density at radius 2 is 1.41 bits per heavy atom. The van der Waals surface area contributed by atoms with Crippen LogP contribution < -0.4 is 52.6 Å². The molecule has 722 valence electrons. The van der Waals surface area contributed by atoms with Crippen molar-refractivity contribution in [3.05, 3.63) is 143 Å². The van der Waals surface area contributed by atoms with Crippen molar-refractivity contribution in [2.24, 2.45) is 28.9 Å². The maximum atomic E-state index is 15.5. The molecule has 17 N–H and O–H groups in total. The summed E-state index contributed by atoms with van der Waals surface area (Å²) in [5.41, 5.74) is 6.58. The summed E-state index contributed by atoms with van der Waals surface area (Å²) in [7, 11) is 5.52. The van der Waals surface area contributed by atoms with Gasteiger partial charge >= 0.3 is 42.2 Å². The topological polar surface area (TPSA) is 578 Å². The van der Waals surface area contributed by atoms with Crippen molar-refractivity contribution in [3.63, 3.8) is 0 Å². The number of ketones is 3. The van der Waals surface area contributed by atoms with Crippen molar-refractivity contribution in [2.45, 2.75) is 221 Å². The van der Waals surface area contributed by atoms with E-state index < -0.39 is 217 Å². The van der Waals surface area contributed by atoms with E-state index in [-0.39, 0.29) is 74.9 Å². The minimum absolute atomic E-state index is 0.0340. The molecule has 0 radical (unpaired) electrons. The number of carbonyl (C=O) groups is 14. The molecule has 38 nitrogen and oxygen atoms in total. The molecule has 5 heterocycles. The average Bonchev–Trinajstić information content (AvgIpc) is 1.48.